The predicted octanol–water partition coefficient (Wildman–Crippen LogP) is 5.33. The number of ether oxygens (including phenoxy) is 2. The summed E-state index contributed by atoms with van der Waals surface area (Å²) >= 11 is 0. The Morgan fingerprint density at radius 3 is 2.72 bits per heavy atom. The van der Waals surface area contributed by atoms with E-state index in [0.29, 0.717) is 29.9 Å². The third-order valence-corrected chi connectivity index (χ3v) is 8.81. The maximum atomic E-state index is 13.6. The lowest BCUT2D eigenvalue weighted by atomic mass is 9.44. The first-order chi connectivity index (χ1) is 17.5. The van der Waals surface area contributed by atoms with E-state index in [0.717, 1.165) is 60.8 Å². The van der Waals surface area contributed by atoms with E-state index >= 15 is 0 Å². The van der Waals surface area contributed by atoms with Crippen molar-refractivity contribution in [3.63, 3.8) is 0 Å². The van der Waals surface area contributed by atoms with Gasteiger partial charge in [0.05, 0.1) is 11.0 Å². The first kappa shape index (κ1) is 23.3. The fourth-order valence-electron chi connectivity index (χ4n) is 7.55. The highest BCUT2D eigenvalue weighted by Gasteiger charge is 2.68. The molecule has 6 nitrogen and oxygen atoms in total. The lowest BCUT2D eigenvalue weighted by molar-refractivity contribution is -0.135. The number of aromatic hydroxyl groups is 1. The number of hydrogen-bond acceptors (Lipinski definition) is 6. The van der Waals surface area contributed by atoms with Crippen molar-refractivity contribution >= 4 is 17.5 Å². The number of benzene rings is 1. The number of aliphatic hydroxyl groups is 1. The van der Waals surface area contributed by atoms with Crippen molar-refractivity contribution in [2.75, 3.05) is 6.61 Å². The van der Waals surface area contributed by atoms with E-state index < -0.39 is 5.41 Å². The van der Waals surface area contributed by atoms with Crippen LogP contribution in [0.25, 0.3) is 5.57 Å². The van der Waals surface area contributed by atoms with Gasteiger partial charge in [-0.2, -0.15) is 0 Å². The highest BCUT2D eigenvalue weighted by Crippen LogP contribution is 2.71. The molecule has 2 N–H and O–H groups in total. The Bertz CT molecular complexity index is 1260. The number of cyclic esters (lactones) is 2. The Morgan fingerprint density at radius 2 is 1.94 bits per heavy atom. The number of carbonyl (C=O) groups excluding carboxylic acids is 2. The fourth-order valence-corrected chi connectivity index (χ4v) is 7.55. The average molecular weight is 489 g/mol. The first-order valence-electron chi connectivity index (χ1n) is 13.2. The summed E-state index contributed by atoms with van der Waals surface area (Å²) in [5.41, 5.74) is 3.47. The third kappa shape index (κ3) is 3.20. The Hall–Kier alpha value is -3.12. The van der Waals surface area contributed by atoms with Crippen LogP contribution in [-0.4, -0.2) is 28.8 Å². The molecule has 0 radical (unpaired) electrons. The molecule has 1 saturated carbocycles. The zero-order chi connectivity index (χ0) is 25.0. The number of phenolic OH excluding ortho intramolecular Hbond substituents is 1. The van der Waals surface area contributed by atoms with Crippen LogP contribution in [0.15, 0.2) is 64.7 Å². The number of fused-ring (bicyclic) bond motifs is 1. The Morgan fingerprint density at radius 1 is 1.08 bits per heavy atom. The highest BCUT2D eigenvalue weighted by atomic mass is 16.5. The number of carbonyl (C=O) groups is 2. The topological polar surface area (TPSA) is 93.1 Å². The third-order valence-electron chi connectivity index (χ3n) is 8.81. The van der Waals surface area contributed by atoms with Gasteiger partial charge in [0, 0.05) is 23.7 Å². The maximum Gasteiger partial charge on any atom is 0.340 e. The van der Waals surface area contributed by atoms with E-state index in [2.05, 4.69) is 6.92 Å². The van der Waals surface area contributed by atoms with Crippen LogP contribution in [0, 0.1) is 23.2 Å². The van der Waals surface area contributed by atoms with Crippen molar-refractivity contribution in [2.24, 2.45) is 23.2 Å². The van der Waals surface area contributed by atoms with Gasteiger partial charge in [-0.05, 0) is 92.2 Å². The molecule has 0 amide bonds. The smallest absolute Gasteiger partial charge is 0.340 e. The Labute approximate surface area is 211 Å². The molecule has 1 aromatic rings. The van der Waals surface area contributed by atoms with Gasteiger partial charge in [0.25, 0.3) is 0 Å². The monoisotopic (exact) mass is 488 g/mol. The molecule has 36 heavy (non-hydrogen) atoms. The minimum absolute atomic E-state index is 0.0588. The molecule has 2 aliphatic heterocycles. The minimum Gasteiger partial charge on any atom is -0.508 e. The number of unbranched alkanes of at least 4 members (excludes halogenated alkanes) is 2. The van der Waals surface area contributed by atoms with Gasteiger partial charge < -0.3 is 19.7 Å². The van der Waals surface area contributed by atoms with Gasteiger partial charge in [-0.25, -0.2) is 9.59 Å². The normalized spacial score (nSPS) is 32.7. The van der Waals surface area contributed by atoms with E-state index in [1.807, 2.05) is 24.3 Å². The zero-order valence-corrected chi connectivity index (χ0v) is 20.6. The number of allylic oxidation sites excluding steroid dienone is 5. The van der Waals surface area contributed by atoms with Crippen LogP contribution < -0.4 is 0 Å². The second kappa shape index (κ2) is 8.77. The summed E-state index contributed by atoms with van der Waals surface area (Å²) < 4.78 is 11.8. The molecule has 4 aliphatic carbocycles. The van der Waals surface area contributed by atoms with Crippen molar-refractivity contribution in [2.45, 2.75) is 58.3 Å². The SMILES string of the molecule is CCCC=C1OC(=O)C2=C1CC[C@H]1[C@@H]3CC[C@]4(C(=CCCCO)OC(=O)C4=C3c3cccc(O)c3)[C@H]21. The molecule has 7 rings (SSSR count). The van der Waals surface area contributed by atoms with Crippen molar-refractivity contribution in [3.05, 3.63) is 70.2 Å². The fraction of sp³-hybridized carbons (Fsp3) is 0.467. The Kier molecular flexibility index (Phi) is 5.67. The molecule has 0 aromatic heterocycles. The minimum atomic E-state index is -0.729. The van der Waals surface area contributed by atoms with Crippen LogP contribution in [0.5, 0.6) is 5.75 Å². The molecule has 4 atom stereocenters. The summed E-state index contributed by atoms with van der Waals surface area (Å²) in [6.07, 6.45) is 10.3. The second-order valence-electron chi connectivity index (χ2n) is 10.6. The summed E-state index contributed by atoms with van der Waals surface area (Å²) in [6, 6.07) is 7.13. The average Bonchev–Trinajstić information content (AvgIpc) is 3.36. The molecule has 1 spiro atoms. The molecule has 0 unspecified atom stereocenters. The first-order valence-corrected chi connectivity index (χ1v) is 13.2. The molecule has 6 aliphatic rings. The van der Waals surface area contributed by atoms with E-state index in [1.165, 1.54) is 0 Å². The summed E-state index contributed by atoms with van der Waals surface area (Å²) in [7, 11) is 0. The molecule has 6 heteroatoms. The zero-order valence-electron chi connectivity index (χ0n) is 20.6. The quantitative estimate of drug-likeness (QED) is 0.415. The lowest BCUT2D eigenvalue weighted by Crippen LogP contribution is -2.52. The van der Waals surface area contributed by atoms with Gasteiger partial charge >= 0.3 is 11.9 Å². The van der Waals surface area contributed by atoms with E-state index in [4.69, 9.17) is 9.47 Å². The molecule has 2 bridgehead atoms. The van der Waals surface area contributed by atoms with Crippen LogP contribution in [0.2, 0.25) is 0 Å². The number of phenols is 1. The van der Waals surface area contributed by atoms with Crippen LogP contribution in [0.1, 0.15) is 63.9 Å². The second-order valence-corrected chi connectivity index (χ2v) is 10.6. The molecule has 188 valence electrons. The van der Waals surface area contributed by atoms with Crippen molar-refractivity contribution < 1.29 is 29.3 Å². The van der Waals surface area contributed by atoms with Crippen molar-refractivity contribution in [1.82, 2.24) is 0 Å². The summed E-state index contributed by atoms with van der Waals surface area (Å²) in [6.45, 7) is 2.16. The number of esters is 2. The van der Waals surface area contributed by atoms with Crippen LogP contribution >= 0.6 is 0 Å². The lowest BCUT2D eigenvalue weighted by Gasteiger charge is -2.56. The standard InChI is InChI=1S/C30H32O6/c1-2-3-9-22-21-12-11-20-19-13-14-30(26(20)25(21)28(33)35-22)23(10-4-5-15-31)36-29(34)27(30)24(19)17-7-6-8-18(32)16-17/h6-10,16,19-20,26,31-32H,2-5,11-15H2,1H3/t19-,20-,26-,30-/m0/s1. The van der Waals surface area contributed by atoms with Crippen LogP contribution in [-0.2, 0) is 19.1 Å². The van der Waals surface area contributed by atoms with E-state index in [1.54, 1.807) is 12.1 Å². The van der Waals surface area contributed by atoms with Crippen LogP contribution in [0.4, 0.5) is 0 Å². The summed E-state index contributed by atoms with van der Waals surface area (Å²) in [5, 5.41) is 19.6. The van der Waals surface area contributed by atoms with Gasteiger partial charge in [-0.3, -0.25) is 0 Å². The predicted molar refractivity (Wildman–Crippen MR) is 133 cm³/mol. The van der Waals surface area contributed by atoms with Crippen molar-refractivity contribution in [1.29, 1.82) is 0 Å². The number of hydrogen-bond donors (Lipinski definition) is 2. The Balaban J connectivity index is 1.59. The summed E-state index contributed by atoms with van der Waals surface area (Å²) in [4.78, 5) is 27.0. The van der Waals surface area contributed by atoms with E-state index in [9.17, 15) is 19.8 Å². The molecule has 1 saturated heterocycles. The van der Waals surface area contributed by atoms with Gasteiger partial charge in [0.2, 0.25) is 0 Å². The highest BCUT2D eigenvalue weighted by molar-refractivity contribution is 6.06. The van der Waals surface area contributed by atoms with Gasteiger partial charge in [-0.15, -0.1) is 0 Å². The molecule has 1 aromatic carbocycles. The van der Waals surface area contributed by atoms with Crippen LogP contribution in [0.3, 0.4) is 0 Å². The molecule has 2 fully saturated rings. The molecular weight excluding hydrogens is 456 g/mol. The maximum absolute atomic E-state index is 13.6. The summed E-state index contributed by atoms with van der Waals surface area (Å²) in [5.74, 6) is 0.941. The number of rotatable bonds is 6. The molecular formula is C30H32O6. The van der Waals surface area contributed by atoms with Gasteiger partial charge in [-0.1, -0.05) is 25.5 Å². The number of aliphatic hydroxyl groups excluding tert-OH is 1. The van der Waals surface area contributed by atoms with E-state index in [-0.39, 0.29) is 42.0 Å². The largest absolute Gasteiger partial charge is 0.508 e. The van der Waals surface area contributed by atoms with Crippen molar-refractivity contribution in [3.8, 4) is 5.75 Å². The molecule has 2 heterocycles. The van der Waals surface area contributed by atoms with Gasteiger partial charge in [0.1, 0.15) is 17.3 Å². The van der Waals surface area contributed by atoms with Gasteiger partial charge in [0.15, 0.2) is 0 Å².